The molecule has 2 aromatic rings. The van der Waals surface area contributed by atoms with Crippen molar-refractivity contribution in [2.24, 2.45) is 0 Å². The topological polar surface area (TPSA) is 49.0 Å². The fourth-order valence-corrected chi connectivity index (χ4v) is 2.59. The molecule has 0 fully saturated rings. The van der Waals surface area contributed by atoms with Crippen molar-refractivity contribution in [3.8, 4) is 0 Å². The largest absolute Gasteiger partial charge is 0.357 e. The first-order chi connectivity index (χ1) is 8.83. The normalized spacial score (nSPS) is 11.4. The van der Waals surface area contributed by atoms with Crippen LogP contribution in [0.1, 0.15) is 20.8 Å². The Kier molecular flexibility index (Phi) is 3.86. The Bertz CT molecular complexity index is 603. The number of halogens is 1. The van der Waals surface area contributed by atoms with Crippen LogP contribution in [-0.4, -0.2) is 15.6 Å². The smallest absolute Gasteiger partial charge is 0.202 e. The van der Waals surface area contributed by atoms with Crippen molar-refractivity contribution in [2.45, 2.75) is 26.3 Å². The van der Waals surface area contributed by atoms with Crippen LogP contribution in [0.25, 0.3) is 10.2 Å². The zero-order chi connectivity index (χ0) is 14.0. The molecule has 1 aromatic carbocycles. The summed E-state index contributed by atoms with van der Waals surface area (Å²) in [4.78, 5) is 4.26. The molecule has 0 atom stereocenters. The zero-order valence-corrected chi connectivity index (χ0v) is 12.5. The molecule has 7 heteroatoms. The van der Waals surface area contributed by atoms with Gasteiger partial charge in [-0.2, -0.15) is 0 Å². The third-order valence-corrected chi connectivity index (χ3v) is 3.28. The second kappa shape index (κ2) is 5.26. The Balaban J connectivity index is 2.00. The lowest BCUT2D eigenvalue weighted by Crippen LogP contribution is -2.47. The van der Waals surface area contributed by atoms with Gasteiger partial charge in [-0.25, -0.2) is 9.37 Å². The molecule has 0 amide bonds. The van der Waals surface area contributed by atoms with E-state index in [1.54, 1.807) is 6.07 Å². The maximum absolute atomic E-state index is 13.0. The fourth-order valence-electron chi connectivity index (χ4n) is 1.44. The van der Waals surface area contributed by atoms with Crippen LogP contribution in [0, 0.1) is 5.82 Å². The van der Waals surface area contributed by atoms with E-state index in [9.17, 15) is 4.39 Å². The second-order valence-corrected chi connectivity index (χ2v) is 6.52. The first-order valence-corrected chi connectivity index (χ1v) is 6.96. The fraction of sp³-hybridized carbons (Fsp3) is 0.333. The van der Waals surface area contributed by atoms with E-state index in [0.717, 1.165) is 4.70 Å². The number of hydrazine groups is 1. The molecule has 0 saturated carbocycles. The number of thiocarbonyl (C=S) groups is 1. The van der Waals surface area contributed by atoms with Crippen LogP contribution in [0.15, 0.2) is 18.2 Å². The van der Waals surface area contributed by atoms with E-state index in [0.29, 0.717) is 15.8 Å². The van der Waals surface area contributed by atoms with Gasteiger partial charge < -0.3 is 5.32 Å². The standard InChI is InChI=1S/C12H15FN4S2/c1-12(2,3)15-10(18)16-17-11-14-8-6-7(13)4-5-9(8)19-11/h4-6H,1-3H3,(H,14,17)(H2,15,16,18). The van der Waals surface area contributed by atoms with Gasteiger partial charge in [0.05, 0.1) is 10.2 Å². The molecule has 4 nitrogen and oxygen atoms in total. The van der Waals surface area contributed by atoms with Crippen molar-refractivity contribution in [2.75, 3.05) is 5.43 Å². The van der Waals surface area contributed by atoms with Gasteiger partial charge in [0.25, 0.3) is 0 Å². The molecular formula is C12H15FN4S2. The number of nitrogens with zero attached hydrogens (tertiary/aromatic N) is 1. The average molecular weight is 298 g/mol. The van der Waals surface area contributed by atoms with Crippen LogP contribution < -0.4 is 16.2 Å². The number of hydrogen-bond donors (Lipinski definition) is 3. The molecule has 1 heterocycles. The molecular weight excluding hydrogens is 283 g/mol. The van der Waals surface area contributed by atoms with Crippen molar-refractivity contribution in [3.63, 3.8) is 0 Å². The molecule has 0 aliphatic rings. The summed E-state index contributed by atoms with van der Waals surface area (Å²) in [6, 6.07) is 4.53. The van der Waals surface area contributed by atoms with Gasteiger partial charge in [0.15, 0.2) is 5.11 Å². The van der Waals surface area contributed by atoms with Gasteiger partial charge in [0.2, 0.25) is 5.13 Å². The predicted octanol–water partition coefficient (Wildman–Crippen LogP) is 3.02. The molecule has 0 saturated heterocycles. The molecule has 0 aliphatic carbocycles. The molecule has 0 spiro atoms. The average Bonchev–Trinajstić information content (AvgIpc) is 2.66. The lowest BCUT2D eigenvalue weighted by Gasteiger charge is -2.22. The lowest BCUT2D eigenvalue weighted by molar-refractivity contribution is 0.509. The predicted molar refractivity (Wildman–Crippen MR) is 81.8 cm³/mol. The molecule has 0 unspecified atom stereocenters. The monoisotopic (exact) mass is 298 g/mol. The highest BCUT2D eigenvalue weighted by Gasteiger charge is 2.11. The third kappa shape index (κ3) is 4.00. The van der Waals surface area contributed by atoms with Crippen molar-refractivity contribution in [1.29, 1.82) is 0 Å². The molecule has 0 bridgehead atoms. The maximum Gasteiger partial charge on any atom is 0.202 e. The maximum atomic E-state index is 13.0. The van der Waals surface area contributed by atoms with E-state index in [1.165, 1.54) is 23.5 Å². The number of aromatic nitrogens is 1. The minimum Gasteiger partial charge on any atom is -0.357 e. The van der Waals surface area contributed by atoms with Gasteiger partial charge in [-0.1, -0.05) is 11.3 Å². The Hall–Kier alpha value is -1.47. The number of thiazole rings is 1. The van der Waals surface area contributed by atoms with Gasteiger partial charge in [-0.15, -0.1) is 0 Å². The summed E-state index contributed by atoms with van der Waals surface area (Å²) in [6.45, 7) is 6.05. The lowest BCUT2D eigenvalue weighted by atomic mass is 10.1. The van der Waals surface area contributed by atoms with Crippen molar-refractivity contribution < 1.29 is 4.39 Å². The summed E-state index contributed by atoms with van der Waals surface area (Å²) in [6.07, 6.45) is 0. The number of fused-ring (bicyclic) bond motifs is 1. The molecule has 0 aliphatic heterocycles. The van der Waals surface area contributed by atoms with Gasteiger partial charge >= 0.3 is 0 Å². The highest BCUT2D eigenvalue weighted by Crippen LogP contribution is 2.25. The Labute approximate surface area is 120 Å². The highest BCUT2D eigenvalue weighted by molar-refractivity contribution is 7.80. The first-order valence-electron chi connectivity index (χ1n) is 5.74. The molecule has 3 N–H and O–H groups in total. The molecule has 2 rings (SSSR count). The zero-order valence-electron chi connectivity index (χ0n) is 10.9. The van der Waals surface area contributed by atoms with E-state index in [2.05, 4.69) is 21.2 Å². The summed E-state index contributed by atoms with van der Waals surface area (Å²) in [7, 11) is 0. The summed E-state index contributed by atoms with van der Waals surface area (Å²) in [5.74, 6) is -0.290. The van der Waals surface area contributed by atoms with Crippen LogP contribution in [-0.2, 0) is 0 Å². The number of anilines is 1. The van der Waals surface area contributed by atoms with E-state index >= 15 is 0 Å². The summed E-state index contributed by atoms with van der Waals surface area (Å²) < 4.78 is 14.0. The van der Waals surface area contributed by atoms with Crippen LogP contribution in [0.3, 0.4) is 0 Å². The number of benzene rings is 1. The summed E-state index contributed by atoms with van der Waals surface area (Å²) >= 11 is 6.56. The van der Waals surface area contributed by atoms with E-state index in [4.69, 9.17) is 12.2 Å². The van der Waals surface area contributed by atoms with Crippen LogP contribution in [0.4, 0.5) is 9.52 Å². The van der Waals surface area contributed by atoms with Crippen LogP contribution in [0.5, 0.6) is 0 Å². The van der Waals surface area contributed by atoms with Crippen molar-refractivity contribution >= 4 is 44.0 Å². The van der Waals surface area contributed by atoms with Gasteiger partial charge in [-0.3, -0.25) is 10.9 Å². The van der Waals surface area contributed by atoms with Crippen LogP contribution in [0.2, 0.25) is 0 Å². The van der Waals surface area contributed by atoms with Crippen LogP contribution >= 0.6 is 23.6 Å². The third-order valence-electron chi connectivity index (χ3n) is 2.12. The van der Waals surface area contributed by atoms with Crippen molar-refractivity contribution in [1.82, 2.24) is 15.7 Å². The SMILES string of the molecule is CC(C)(C)NC(=S)NNc1nc2cc(F)ccc2s1. The second-order valence-electron chi connectivity index (χ2n) is 5.09. The first kappa shape index (κ1) is 14.0. The Morgan fingerprint density at radius 2 is 2.11 bits per heavy atom. The van der Waals surface area contributed by atoms with E-state index in [1.807, 2.05) is 20.8 Å². The quantitative estimate of drug-likeness (QED) is 0.588. The van der Waals surface area contributed by atoms with Crippen molar-refractivity contribution in [3.05, 3.63) is 24.0 Å². The molecule has 1 aromatic heterocycles. The minimum atomic E-state index is -0.290. The van der Waals surface area contributed by atoms with E-state index in [-0.39, 0.29) is 11.4 Å². The molecule has 19 heavy (non-hydrogen) atoms. The Morgan fingerprint density at radius 3 is 2.79 bits per heavy atom. The highest BCUT2D eigenvalue weighted by atomic mass is 32.1. The number of nitrogens with one attached hydrogen (secondary N) is 3. The van der Waals surface area contributed by atoms with Gasteiger partial charge in [0.1, 0.15) is 5.82 Å². The number of rotatable bonds is 2. The van der Waals surface area contributed by atoms with E-state index < -0.39 is 0 Å². The molecule has 102 valence electrons. The molecule has 0 radical (unpaired) electrons. The van der Waals surface area contributed by atoms with Gasteiger partial charge in [-0.05, 0) is 45.1 Å². The number of hydrogen-bond acceptors (Lipinski definition) is 4. The summed E-state index contributed by atoms with van der Waals surface area (Å²) in [5, 5.41) is 4.23. The minimum absolute atomic E-state index is 0.109. The van der Waals surface area contributed by atoms with Gasteiger partial charge in [0, 0.05) is 11.6 Å². The summed E-state index contributed by atoms with van der Waals surface area (Å²) in [5.41, 5.74) is 6.28. The Morgan fingerprint density at radius 1 is 1.37 bits per heavy atom.